The van der Waals surface area contributed by atoms with Crippen molar-refractivity contribution in [1.29, 1.82) is 0 Å². The minimum absolute atomic E-state index is 0. The Bertz CT molecular complexity index is 770. The molecular weight excluding hydrogens is 459 g/mol. The third-order valence-electron chi connectivity index (χ3n) is 3.81. The molecule has 1 aromatic heterocycles. The first-order chi connectivity index (χ1) is 12.8. The Labute approximate surface area is 176 Å². The summed E-state index contributed by atoms with van der Waals surface area (Å²) in [5, 5.41) is 6.54. The number of pyridine rings is 1. The molecule has 1 aliphatic heterocycles. The van der Waals surface area contributed by atoms with Crippen LogP contribution in [0.5, 0.6) is 17.4 Å². The van der Waals surface area contributed by atoms with Crippen LogP contribution in [0.4, 0.5) is 5.69 Å². The molecule has 146 valence electrons. The maximum Gasteiger partial charge on any atom is 0.218 e. The molecule has 27 heavy (non-hydrogen) atoms. The monoisotopic (exact) mass is 484 g/mol. The molecule has 0 unspecified atom stereocenters. The van der Waals surface area contributed by atoms with Gasteiger partial charge >= 0.3 is 0 Å². The zero-order chi connectivity index (χ0) is 18.2. The lowest BCUT2D eigenvalue weighted by atomic mass is 10.2. The highest BCUT2D eigenvalue weighted by Gasteiger charge is 2.11. The summed E-state index contributed by atoms with van der Waals surface area (Å²) in [6.07, 6.45) is 2.60. The maximum atomic E-state index is 5.73. The molecule has 2 N–H and O–H groups in total. The van der Waals surface area contributed by atoms with E-state index in [1.54, 1.807) is 13.2 Å². The fraction of sp³-hybridized carbons (Fsp3) is 0.368. The van der Waals surface area contributed by atoms with E-state index in [-0.39, 0.29) is 24.0 Å². The van der Waals surface area contributed by atoms with Gasteiger partial charge in [-0.15, -0.1) is 24.0 Å². The molecule has 8 heteroatoms. The lowest BCUT2D eigenvalue weighted by Crippen LogP contribution is -2.30. The minimum atomic E-state index is 0. The maximum absolute atomic E-state index is 5.73. The molecule has 1 aliphatic rings. The summed E-state index contributed by atoms with van der Waals surface area (Å²) in [4.78, 5) is 8.53. The van der Waals surface area contributed by atoms with Crippen molar-refractivity contribution in [2.45, 2.75) is 19.9 Å². The van der Waals surface area contributed by atoms with Gasteiger partial charge < -0.3 is 24.8 Å². The van der Waals surface area contributed by atoms with Crippen LogP contribution in [0.25, 0.3) is 0 Å². The number of aliphatic imine (C=N–C) groups is 1. The van der Waals surface area contributed by atoms with Gasteiger partial charge in [-0.1, -0.05) is 6.07 Å². The molecule has 0 saturated heterocycles. The van der Waals surface area contributed by atoms with E-state index in [0.717, 1.165) is 29.2 Å². The molecule has 3 rings (SSSR count). The quantitative estimate of drug-likeness (QED) is 0.385. The number of hydrogen-bond donors (Lipinski definition) is 2. The van der Waals surface area contributed by atoms with Crippen molar-refractivity contribution >= 4 is 35.6 Å². The van der Waals surface area contributed by atoms with Gasteiger partial charge in [-0.2, -0.15) is 0 Å². The molecule has 0 radical (unpaired) electrons. The lowest BCUT2D eigenvalue weighted by Gasteiger charge is -2.15. The van der Waals surface area contributed by atoms with Gasteiger partial charge in [-0.05, 0) is 25.1 Å². The number of guanidine groups is 1. The van der Waals surface area contributed by atoms with Gasteiger partial charge in [0.25, 0.3) is 0 Å². The lowest BCUT2D eigenvalue weighted by molar-refractivity contribution is 0.297. The van der Waals surface area contributed by atoms with Crippen molar-refractivity contribution < 1.29 is 14.2 Å². The number of anilines is 1. The van der Waals surface area contributed by atoms with E-state index in [1.165, 1.54) is 0 Å². The van der Waals surface area contributed by atoms with Gasteiger partial charge in [0.15, 0.2) is 17.5 Å². The minimum Gasteiger partial charge on any atom is -0.490 e. The highest BCUT2D eigenvalue weighted by Crippen LogP contribution is 2.32. The number of nitrogens with zero attached hydrogens (tertiary/aromatic N) is 2. The molecule has 0 bridgehead atoms. The van der Waals surface area contributed by atoms with Gasteiger partial charge in [0.05, 0.1) is 19.8 Å². The number of fused-ring (bicyclic) bond motifs is 1. The van der Waals surface area contributed by atoms with Gasteiger partial charge in [-0.25, -0.2) is 4.98 Å². The van der Waals surface area contributed by atoms with E-state index >= 15 is 0 Å². The zero-order valence-electron chi connectivity index (χ0n) is 15.5. The molecular formula is C19H25IN4O3. The van der Waals surface area contributed by atoms with Crippen LogP contribution in [-0.4, -0.2) is 37.8 Å². The summed E-state index contributed by atoms with van der Waals surface area (Å²) in [6.45, 7) is 4.40. The first-order valence-corrected chi connectivity index (χ1v) is 8.74. The number of hydrogen-bond acceptors (Lipinski definition) is 5. The molecule has 0 spiro atoms. The third kappa shape index (κ3) is 5.88. The predicted molar refractivity (Wildman–Crippen MR) is 117 cm³/mol. The van der Waals surface area contributed by atoms with Crippen molar-refractivity contribution in [3.05, 3.63) is 42.1 Å². The second-order valence-electron chi connectivity index (χ2n) is 5.66. The highest BCUT2D eigenvalue weighted by atomic mass is 127. The Morgan fingerprint density at radius 3 is 2.81 bits per heavy atom. The van der Waals surface area contributed by atoms with E-state index in [9.17, 15) is 0 Å². The predicted octanol–water partition coefficient (Wildman–Crippen LogP) is 3.45. The van der Waals surface area contributed by atoms with Crippen molar-refractivity contribution in [1.82, 2.24) is 10.3 Å². The number of nitrogens with one attached hydrogen (secondary N) is 2. The van der Waals surface area contributed by atoms with E-state index in [1.807, 2.05) is 37.3 Å². The van der Waals surface area contributed by atoms with Crippen LogP contribution in [0, 0.1) is 0 Å². The van der Waals surface area contributed by atoms with Crippen LogP contribution in [0.1, 0.15) is 18.9 Å². The Hall–Kier alpha value is -2.23. The molecule has 0 saturated carbocycles. The van der Waals surface area contributed by atoms with Crippen LogP contribution in [0.3, 0.4) is 0 Å². The summed E-state index contributed by atoms with van der Waals surface area (Å²) in [5.74, 6) is 2.79. The molecule has 0 aliphatic carbocycles. The van der Waals surface area contributed by atoms with E-state index in [2.05, 4.69) is 20.6 Å². The van der Waals surface area contributed by atoms with Gasteiger partial charge in [0, 0.05) is 43.5 Å². The second kappa shape index (κ2) is 10.8. The van der Waals surface area contributed by atoms with Crippen molar-refractivity contribution in [3.63, 3.8) is 0 Å². The van der Waals surface area contributed by atoms with E-state index < -0.39 is 0 Å². The van der Waals surface area contributed by atoms with Crippen LogP contribution >= 0.6 is 24.0 Å². The molecule has 2 aromatic rings. The van der Waals surface area contributed by atoms with Crippen LogP contribution < -0.4 is 24.8 Å². The summed E-state index contributed by atoms with van der Waals surface area (Å²) in [7, 11) is 1.73. The Kier molecular flexibility index (Phi) is 8.43. The number of halogens is 1. The summed E-state index contributed by atoms with van der Waals surface area (Å²) in [5.41, 5.74) is 1.84. The van der Waals surface area contributed by atoms with Crippen LogP contribution in [0.2, 0.25) is 0 Å². The van der Waals surface area contributed by atoms with E-state index in [0.29, 0.717) is 38.2 Å². The van der Waals surface area contributed by atoms with Crippen LogP contribution in [-0.2, 0) is 6.54 Å². The van der Waals surface area contributed by atoms with E-state index in [4.69, 9.17) is 14.2 Å². The smallest absolute Gasteiger partial charge is 0.218 e. The van der Waals surface area contributed by atoms with Gasteiger partial charge in [0.1, 0.15) is 0 Å². The second-order valence-corrected chi connectivity index (χ2v) is 5.66. The van der Waals surface area contributed by atoms with Crippen molar-refractivity contribution in [2.24, 2.45) is 4.99 Å². The average Bonchev–Trinajstić information content (AvgIpc) is 2.91. The largest absolute Gasteiger partial charge is 0.490 e. The zero-order valence-corrected chi connectivity index (χ0v) is 17.9. The average molecular weight is 484 g/mol. The standard InChI is InChI=1S/C19H24N4O3.HI/c1-3-24-18-14(6-4-9-21-18)13-22-19(20-2)23-15-7-8-16-17(12-15)26-11-5-10-25-16;/h4,6-9,12H,3,5,10-11,13H2,1-2H3,(H2,20,22,23);1H. The molecule has 1 aromatic carbocycles. The molecule has 0 atom stereocenters. The Morgan fingerprint density at radius 1 is 1.22 bits per heavy atom. The van der Waals surface area contributed by atoms with Gasteiger partial charge in [0.2, 0.25) is 5.88 Å². The third-order valence-corrected chi connectivity index (χ3v) is 3.81. The highest BCUT2D eigenvalue weighted by molar-refractivity contribution is 14.0. The molecule has 0 fully saturated rings. The topological polar surface area (TPSA) is 77.0 Å². The van der Waals surface area contributed by atoms with Gasteiger partial charge in [-0.3, -0.25) is 4.99 Å². The number of benzene rings is 1. The summed E-state index contributed by atoms with van der Waals surface area (Å²) < 4.78 is 16.9. The normalized spacial score (nSPS) is 13.2. The van der Waals surface area contributed by atoms with Crippen molar-refractivity contribution in [2.75, 3.05) is 32.2 Å². The Morgan fingerprint density at radius 2 is 2.04 bits per heavy atom. The molecule has 0 amide bonds. The molecule has 2 heterocycles. The number of aromatic nitrogens is 1. The summed E-state index contributed by atoms with van der Waals surface area (Å²) in [6, 6.07) is 9.63. The number of ether oxygens (including phenoxy) is 3. The number of rotatable bonds is 5. The first kappa shape index (κ1) is 21.1. The van der Waals surface area contributed by atoms with Crippen LogP contribution in [0.15, 0.2) is 41.5 Å². The fourth-order valence-corrected chi connectivity index (χ4v) is 2.56. The van der Waals surface area contributed by atoms with Crippen molar-refractivity contribution in [3.8, 4) is 17.4 Å². The Balaban J connectivity index is 0.00000261. The fourth-order valence-electron chi connectivity index (χ4n) is 2.56. The summed E-state index contributed by atoms with van der Waals surface area (Å²) >= 11 is 0. The first-order valence-electron chi connectivity index (χ1n) is 8.74. The molecule has 7 nitrogen and oxygen atoms in total. The SMILES string of the molecule is CCOc1ncccc1CNC(=NC)Nc1ccc2c(c1)OCCCO2.I.